The number of nitrogens with zero attached hydrogens (tertiary/aromatic N) is 2. The van der Waals surface area contributed by atoms with E-state index in [0.29, 0.717) is 38.2 Å². The molecule has 4 nitrogen and oxygen atoms in total. The van der Waals surface area contributed by atoms with Crippen molar-refractivity contribution in [2.45, 2.75) is 26.2 Å². The fourth-order valence-corrected chi connectivity index (χ4v) is 3.46. The molecule has 0 radical (unpaired) electrons. The fraction of sp³-hybridized carbons (Fsp3) is 0.364. The summed E-state index contributed by atoms with van der Waals surface area (Å²) in [6.07, 6.45) is 1.34. The molecule has 0 bridgehead atoms. The molecule has 2 amide bonds. The number of carbonyl (C=O) groups is 2. The van der Waals surface area contributed by atoms with E-state index in [1.807, 2.05) is 36.1 Å². The van der Waals surface area contributed by atoms with Gasteiger partial charge < -0.3 is 9.80 Å². The van der Waals surface area contributed by atoms with Gasteiger partial charge in [-0.15, -0.1) is 0 Å². The van der Waals surface area contributed by atoms with Gasteiger partial charge in [0.15, 0.2) is 0 Å². The van der Waals surface area contributed by atoms with Crippen LogP contribution in [0, 0.1) is 12.7 Å². The van der Waals surface area contributed by atoms with Crippen molar-refractivity contribution in [3.05, 3.63) is 71.0 Å². The van der Waals surface area contributed by atoms with E-state index >= 15 is 0 Å². The highest BCUT2D eigenvalue weighted by molar-refractivity contribution is 5.80. The van der Waals surface area contributed by atoms with Crippen molar-refractivity contribution in [1.82, 2.24) is 9.80 Å². The summed E-state index contributed by atoms with van der Waals surface area (Å²) in [5.41, 5.74) is 2.84. The Morgan fingerprint density at radius 3 is 1.96 bits per heavy atom. The normalized spacial score (nSPS) is 14.7. The van der Waals surface area contributed by atoms with Gasteiger partial charge >= 0.3 is 0 Å². The molecule has 1 aliphatic rings. The largest absolute Gasteiger partial charge is 0.341 e. The highest BCUT2D eigenvalue weighted by Gasteiger charge is 2.22. The number of rotatable bonds is 4. The number of aryl methyl sites for hydroxylation is 1. The van der Waals surface area contributed by atoms with Crippen LogP contribution >= 0.6 is 0 Å². The van der Waals surface area contributed by atoms with Gasteiger partial charge in [-0.25, -0.2) is 4.39 Å². The van der Waals surface area contributed by atoms with E-state index in [9.17, 15) is 14.0 Å². The number of halogens is 1. The molecule has 0 aromatic heterocycles. The topological polar surface area (TPSA) is 40.6 Å². The molecule has 142 valence electrons. The molecule has 1 aliphatic heterocycles. The Bertz CT molecular complexity index is 754. The molecule has 0 spiro atoms. The first-order chi connectivity index (χ1) is 13.0. The SMILES string of the molecule is Cc1cccc(CC(=O)N2CCCN(C(=O)Cc3cccc(F)c3)CC2)c1. The Balaban J connectivity index is 1.55. The molecule has 0 aliphatic carbocycles. The Morgan fingerprint density at radius 1 is 0.852 bits per heavy atom. The second-order valence-corrected chi connectivity index (χ2v) is 7.09. The van der Waals surface area contributed by atoms with Crippen molar-refractivity contribution in [3.8, 4) is 0 Å². The minimum atomic E-state index is -0.330. The average Bonchev–Trinajstić information content (AvgIpc) is 2.88. The van der Waals surface area contributed by atoms with Crippen LogP contribution in [0.25, 0.3) is 0 Å². The zero-order valence-corrected chi connectivity index (χ0v) is 15.7. The van der Waals surface area contributed by atoms with Crippen LogP contribution in [0.5, 0.6) is 0 Å². The predicted octanol–water partition coefficient (Wildman–Crippen LogP) is 2.98. The van der Waals surface area contributed by atoms with Gasteiger partial charge in [-0.1, -0.05) is 42.0 Å². The summed E-state index contributed by atoms with van der Waals surface area (Å²) in [4.78, 5) is 28.8. The zero-order chi connectivity index (χ0) is 19.2. The molecular weight excluding hydrogens is 343 g/mol. The second kappa shape index (κ2) is 8.80. The van der Waals surface area contributed by atoms with Gasteiger partial charge in [-0.3, -0.25) is 9.59 Å². The Hall–Kier alpha value is -2.69. The molecule has 2 aromatic rings. The first-order valence-electron chi connectivity index (χ1n) is 9.37. The summed E-state index contributed by atoms with van der Waals surface area (Å²) in [6.45, 7) is 4.37. The van der Waals surface area contributed by atoms with Crippen molar-refractivity contribution >= 4 is 11.8 Å². The van der Waals surface area contributed by atoms with E-state index < -0.39 is 0 Å². The lowest BCUT2D eigenvalue weighted by Gasteiger charge is -2.22. The molecule has 5 heteroatoms. The number of benzene rings is 2. The predicted molar refractivity (Wildman–Crippen MR) is 103 cm³/mol. The Morgan fingerprint density at radius 2 is 1.41 bits per heavy atom. The van der Waals surface area contributed by atoms with Gasteiger partial charge in [0.1, 0.15) is 5.82 Å². The lowest BCUT2D eigenvalue weighted by Crippen LogP contribution is -2.38. The molecule has 1 heterocycles. The van der Waals surface area contributed by atoms with Gasteiger partial charge in [0.25, 0.3) is 0 Å². The molecule has 0 N–H and O–H groups in total. The van der Waals surface area contributed by atoms with Gasteiger partial charge in [-0.2, -0.15) is 0 Å². The standard InChI is InChI=1S/C22H25FN2O2/c1-17-5-2-6-18(13-17)15-21(26)24-9-4-10-25(12-11-24)22(27)16-19-7-3-8-20(23)14-19/h2-3,5-8,13-14H,4,9-12,15-16H2,1H3. The average molecular weight is 368 g/mol. The van der Waals surface area contributed by atoms with E-state index in [4.69, 9.17) is 0 Å². The van der Waals surface area contributed by atoms with Crippen molar-refractivity contribution < 1.29 is 14.0 Å². The Kier molecular flexibility index (Phi) is 6.22. The van der Waals surface area contributed by atoms with Crippen LogP contribution in [0.3, 0.4) is 0 Å². The third-order valence-corrected chi connectivity index (χ3v) is 4.88. The maximum Gasteiger partial charge on any atom is 0.227 e. The van der Waals surface area contributed by atoms with Crippen molar-refractivity contribution in [3.63, 3.8) is 0 Å². The molecule has 27 heavy (non-hydrogen) atoms. The van der Waals surface area contributed by atoms with Gasteiger partial charge in [0, 0.05) is 26.2 Å². The summed E-state index contributed by atoms with van der Waals surface area (Å²) < 4.78 is 13.3. The highest BCUT2D eigenvalue weighted by atomic mass is 19.1. The van der Waals surface area contributed by atoms with Crippen LogP contribution in [0.4, 0.5) is 4.39 Å². The van der Waals surface area contributed by atoms with Crippen LogP contribution in [-0.2, 0) is 22.4 Å². The molecule has 0 atom stereocenters. The summed E-state index contributed by atoms with van der Waals surface area (Å²) in [5, 5.41) is 0. The maximum absolute atomic E-state index is 13.3. The van der Waals surface area contributed by atoms with Crippen LogP contribution in [0.15, 0.2) is 48.5 Å². The smallest absolute Gasteiger partial charge is 0.227 e. The quantitative estimate of drug-likeness (QED) is 0.832. The van der Waals surface area contributed by atoms with Crippen molar-refractivity contribution in [2.24, 2.45) is 0 Å². The van der Waals surface area contributed by atoms with Crippen LogP contribution in [-0.4, -0.2) is 47.8 Å². The lowest BCUT2D eigenvalue weighted by atomic mass is 10.1. The van der Waals surface area contributed by atoms with Gasteiger partial charge in [-0.05, 0) is 36.6 Å². The fourth-order valence-electron chi connectivity index (χ4n) is 3.46. The van der Waals surface area contributed by atoms with Gasteiger partial charge in [0.05, 0.1) is 12.8 Å². The van der Waals surface area contributed by atoms with Gasteiger partial charge in [0.2, 0.25) is 11.8 Å². The second-order valence-electron chi connectivity index (χ2n) is 7.09. The maximum atomic E-state index is 13.3. The van der Waals surface area contributed by atoms with E-state index in [0.717, 1.165) is 17.5 Å². The van der Waals surface area contributed by atoms with Crippen LogP contribution in [0.1, 0.15) is 23.1 Å². The molecule has 1 saturated heterocycles. The zero-order valence-electron chi connectivity index (χ0n) is 15.7. The van der Waals surface area contributed by atoms with E-state index in [2.05, 4.69) is 0 Å². The first-order valence-corrected chi connectivity index (χ1v) is 9.37. The molecule has 2 aromatic carbocycles. The van der Waals surface area contributed by atoms with E-state index in [1.54, 1.807) is 17.0 Å². The van der Waals surface area contributed by atoms with Crippen LogP contribution < -0.4 is 0 Å². The summed E-state index contributed by atoms with van der Waals surface area (Å²) in [7, 11) is 0. The van der Waals surface area contributed by atoms with Crippen LogP contribution in [0.2, 0.25) is 0 Å². The third-order valence-electron chi connectivity index (χ3n) is 4.88. The van der Waals surface area contributed by atoms with E-state index in [1.165, 1.54) is 12.1 Å². The summed E-state index contributed by atoms with van der Waals surface area (Å²) in [6, 6.07) is 14.1. The Labute approximate surface area is 159 Å². The highest BCUT2D eigenvalue weighted by Crippen LogP contribution is 2.11. The minimum absolute atomic E-state index is 0.0198. The molecular formula is C22H25FN2O2. The summed E-state index contributed by atoms with van der Waals surface area (Å²) >= 11 is 0. The first kappa shape index (κ1) is 19.1. The molecule has 0 saturated carbocycles. The monoisotopic (exact) mass is 368 g/mol. The minimum Gasteiger partial charge on any atom is -0.341 e. The lowest BCUT2D eigenvalue weighted by molar-refractivity contribution is -0.132. The third kappa shape index (κ3) is 5.39. The summed E-state index contributed by atoms with van der Waals surface area (Å²) in [5.74, 6) is -0.252. The molecule has 3 rings (SSSR count). The number of carbonyl (C=O) groups excluding carboxylic acids is 2. The van der Waals surface area contributed by atoms with Crippen molar-refractivity contribution in [2.75, 3.05) is 26.2 Å². The van der Waals surface area contributed by atoms with E-state index in [-0.39, 0.29) is 24.1 Å². The number of hydrogen-bond donors (Lipinski definition) is 0. The van der Waals surface area contributed by atoms with Crippen molar-refractivity contribution in [1.29, 1.82) is 0 Å². The molecule has 0 unspecified atom stereocenters. The number of hydrogen-bond acceptors (Lipinski definition) is 2. The molecule has 1 fully saturated rings. The number of amides is 2.